The zero-order chi connectivity index (χ0) is 26.6. The molecule has 2 aromatic heterocycles. The molecule has 0 spiro atoms. The summed E-state index contributed by atoms with van der Waals surface area (Å²) >= 11 is 12.5. The second-order valence-corrected chi connectivity index (χ2v) is 8.79. The van der Waals surface area contributed by atoms with Crippen LogP contribution < -0.4 is 15.0 Å². The highest BCUT2D eigenvalue weighted by Crippen LogP contribution is 2.31. The van der Waals surface area contributed by atoms with E-state index < -0.39 is 5.97 Å². The molecule has 0 bridgehead atoms. The number of benzene rings is 3. The molecule has 2 heterocycles. The van der Waals surface area contributed by atoms with Crippen LogP contribution in [0, 0.1) is 0 Å². The number of rotatable bonds is 7. The molecule has 0 aliphatic rings. The average molecular weight is 548 g/mol. The van der Waals surface area contributed by atoms with Gasteiger partial charge in [0.25, 0.3) is 5.56 Å². The van der Waals surface area contributed by atoms with Gasteiger partial charge in [-0.1, -0.05) is 35.3 Å². The summed E-state index contributed by atoms with van der Waals surface area (Å²) in [4.78, 5) is 30.4. The highest BCUT2D eigenvalue weighted by molar-refractivity contribution is 6.36. The van der Waals surface area contributed by atoms with Crippen molar-refractivity contribution in [3.63, 3.8) is 0 Å². The molecule has 8 nitrogen and oxygen atoms in total. The first-order valence-electron chi connectivity index (χ1n) is 11.5. The van der Waals surface area contributed by atoms with Crippen LogP contribution in [0.4, 0.5) is 0 Å². The quantitative estimate of drug-likeness (QED) is 0.132. The highest BCUT2D eigenvalue weighted by Gasteiger charge is 2.17. The Hall–Kier alpha value is -4.40. The van der Waals surface area contributed by atoms with Crippen LogP contribution in [0.1, 0.15) is 23.0 Å². The summed E-state index contributed by atoms with van der Waals surface area (Å²) in [7, 11) is 0. The first kappa shape index (κ1) is 25.3. The fourth-order valence-electron chi connectivity index (χ4n) is 3.70. The normalized spacial score (nSPS) is 11.2. The maximum Gasteiger partial charge on any atom is 0.379 e. The fraction of sp³-hybridized carbons (Fsp3) is 0.0714. The molecule has 0 amide bonds. The number of aromatic nitrogens is 2. The smallest absolute Gasteiger partial charge is 0.379 e. The zero-order valence-corrected chi connectivity index (χ0v) is 21.4. The average Bonchev–Trinajstić information content (AvgIpc) is 3.45. The Bertz CT molecular complexity index is 1730. The van der Waals surface area contributed by atoms with E-state index in [1.807, 2.05) is 0 Å². The number of para-hydroxylation sites is 1. The van der Waals surface area contributed by atoms with Crippen molar-refractivity contribution in [2.45, 2.75) is 6.92 Å². The lowest BCUT2D eigenvalue weighted by atomic mass is 10.2. The molecular formula is C28H19Cl2N3O5. The van der Waals surface area contributed by atoms with E-state index in [-0.39, 0.29) is 22.9 Å². The number of nitrogens with zero attached hydrogens (tertiary/aromatic N) is 3. The molecule has 5 rings (SSSR count). The third kappa shape index (κ3) is 5.18. The van der Waals surface area contributed by atoms with E-state index in [0.717, 1.165) is 0 Å². The van der Waals surface area contributed by atoms with Gasteiger partial charge in [-0.25, -0.2) is 9.78 Å². The van der Waals surface area contributed by atoms with Gasteiger partial charge in [0.2, 0.25) is 5.76 Å². The van der Waals surface area contributed by atoms with Crippen LogP contribution in [0.3, 0.4) is 0 Å². The number of ether oxygens (including phenoxy) is 2. The van der Waals surface area contributed by atoms with Gasteiger partial charge < -0.3 is 13.9 Å². The highest BCUT2D eigenvalue weighted by atomic mass is 35.5. The van der Waals surface area contributed by atoms with Crippen LogP contribution in [-0.2, 0) is 0 Å². The summed E-state index contributed by atoms with van der Waals surface area (Å²) in [6.07, 6.45) is 2.86. The van der Waals surface area contributed by atoms with Crippen molar-refractivity contribution < 1.29 is 18.7 Å². The van der Waals surface area contributed by atoms with E-state index in [0.29, 0.717) is 44.4 Å². The van der Waals surface area contributed by atoms with Crippen LogP contribution in [0.25, 0.3) is 22.3 Å². The zero-order valence-electron chi connectivity index (χ0n) is 19.9. The van der Waals surface area contributed by atoms with E-state index in [2.05, 4.69) is 10.1 Å². The maximum absolute atomic E-state index is 13.4. The maximum atomic E-state index is 13.4. The lowest BCUT2D eigenvalue weighted by Crippen LogP contribution is -2.20. The number of carbonyl (C=O) groups excluding carboxylic acids is 1. The number of carbonyl (C=O) groups is 1. The molecule has 5 aromatic rings. The van der Waals surface area contributed by atoms with Crippen LogP contribution >= 0.6 is 23.2 Å². The molecule has 0 atom stereocenters. The van der Waals surface area contributed by atoms with E-state index in [4.69, 9.17) is 37.1 Å². The third-order valence-corrected chi connectivity index (χ3v) is 5.99. The standard InChI is InChI=1S/C28H19Cl2N3O5/c1-2-36-25-14-17(9-12-23(25)38-28(35)24-8-5-13-37-24)16-31-33-26(19-11-10-18(29)15-21(19)30)32-22-7-4-3-6-20(22)27(33)34/h3-16H,2H2,1H3. The minimum absolute atomic E-state index is 0.0645. The molecule has 190 valence electrons. The molecule has 38 heavy (non-hydrogen) atoms. The number of hydrogen-bond donors (Lipinski definition) is 0. The van der Waals surface area contributed by atoms with Gasteiger partial charge in [-0.05, 0) is 73.2 Å². The SMILES string of the molecule is CCOc1cc(C=Nn2c(-c3ccc(Cl)cc3Cl)nc3ccccc3c2=O)ccc1OC(=O)c1ccco1. The van der Waals surface area contributed by atoms with Crippen LogP contribution in [0.5, 0.6) is 11.5 Å². The van der Waals surface area contributed by atoms with Crippen molar-refractivity contribution in [1.82, 2.24) is 9.66 Å². The van der Waals surface area contributed by atoms with Crippen molar-refractivity contribution in [3.8, 4) is 22.9 Å². The minimum atomic E-state index is -0.657. The summed E-state index contributed by atoms with van der Waals surface area (Å²) in [6.45, 7) is 2.14. The number of furan rings is 1. The first-order chi connectivity index (χ1) is 18.4. The van der Waals surface area contributed by atoms with Gasteiger partial charge in [-0.3, -0.25) is 4.79 Å². The number of hydrogen-bond acceptors (Lipinski definition) is 7. The van der Waals surface area contributed by atoms with Gasteiger partial charge in [0.15, 0.2) is 17.3 Å². The summed E-state index contributed by atoms with van der Waals surface area (Å²) in [5, 5.41) is 5.62. The van der Waals surface area contributed by atoms with Crippen molar-refractivity contribution in [2.24, 2.45) is 5.10 Å². The Labute approximate surface area is 226 Å². The molecular weight excluding hydrogens is 529 g/mol. The Kier molecular flexibility index (Phi) is 7.26. The van der Waals surface area contributed by atoms with Gasteiger partial charge >= 0.3 is 5.97 Å². The van der Waals surface area contributed by atoms with Crippen LogP contribution in [0.15, 0.2) is 93.4 Å². The number of halogens is 2. The predicted octanol–water partition coefficient (Wildman–Crippen LogP) is 6.46. The Morgan fingerprint density at radius 1 is 1.05 bits per heavy atom. The summed E-state index contributed by atoms with van der Waals surface area (Å²) in [5.74, 6) is 0.191. The van der Waals surface area contributed by atoms with Gasteiger partial charge in [0.1, 0.15) is 0 Å². The van der Waals surface area contributed by atoms with Gasteiger partial charge in [-0.2, -0.15) is 9.78 Å². The Balaban J connectivity index is 1.56. The van der Waals surface area contributed by atoms with Gasteiger partial charge in [-0.15, -0.1) is 0 Å². The Morgan fingerprint density at radius 3 is 2.66 bits per heavy atom. The number of esters is 1. The summed E-state index contributed by atoms with van der Waals surface area (Å²) in [6, 6.07) is 19.9. The van der Waals surface area contributed by atoms with Crippen molar-refractivity contribution in [2.75, 3.05) is 6.61 Å². The molecule has 0 fully saturated rings. The largest absolute Gasteiger partial charge is 0.490 e. The minimum Gasteiger partial charge on any atom is -0.490 e. The topological polar surface area (TPSA) is 95.9 Å². The van der Waals surface area contributed by atoms with E-state index >= 15 is 0 Å². The molecule has 0 unspecified atom stereocenters. The second kappa shape index (κ2) is 10.9. The molecule has 3 aromatic carbocycles. The van der Waals surface area contributed by atoms with Gasteiger partial charge in [0.05, 0.1) is 35.0 Å². The molecule has 0 aliphatic heterocycles. The molecule has 0 N–H and O–H groups in total. The van der Waals surface area contributed by atoms with E-state index in [1.165, 1.54) is 23.2 Å². The van der Waals surface area contributed by atoms with Crippen molar-refractivity contribution in [1.29, 1.82) is 0 Å². The summed E-state index contributed by atoms with van der Waals surface area (Å²) < 4.78 is 17.4. The lowest BCUT2D eigenvalue weighted by molar-refractivity contribution is 0.0695. The molecule has 0 radical (unpaired) electrons. The molecule has 0 aliphatic carbocycles. The molecule has 0 saturated carbocycles. The van der Waals surface area contributed by atoms with Crippen LogP contribution in [0.2, 0.25) is 10.0 Å². The first-order valence-corrected chi connectivity index (χ1v) is 12.2. The van der Waals surface area contributed by atoms with E-state index in [9.17, 15) is 9.59 Å². The predicted molar refractivity (Wildman–Crippen MR) is 146 cm³/mol. The number of fused-ring (bicyclic) bond motifs is 1. The van der Waals surface area contributed by atoms with Crippen molar-refractivity contribution in [3.05, 3.63) is 111 Å². The Morgan fingerprint density at radius 2 is 1.89 bits per heavy atom. The van der Waals surface area contributed by atoms with Gasteiger partial charge in [0, 0.05) is 10.6 Å². The molecule has 10 heteroatoms. The fourth-order valence-corrected chi connectivity index (χ4v) is 4.20. The molecule has 0 saturated heterocycles. The second-order valence-electron chi connectivity index (χ2n) is 7.94. The lowest BCUT2D eigenvalue weighted by Gasteiger charge is -2.12. The van der Waals surface area contributed by atoms with Crippen LogP contribution in [-0.4, -0.2) is 28.5 Å². The summed E-state index contributed by atoms with van der Waals surface area (Å²) in [5.41, 5.74) is 1.21. The van der Waals surface area contributed by atoms with Crippen molar-refractivity contribution >= 4 is 46.3 Å². The van der Waals surface area contributed by atoms with E-state index in [1.54, 1.807) is 73.7 Å². The third-order valence-electron chi connectivity index (χ3n) is 5.44. The monoisotopic (exact) mass is 547 g/mol.